The van der Waals surface area contributed by atoms with Crippen LogP contribution in [0, 0.1) is 5.41 Å². The average molecular weight is 434 g/mol. The molecule has 3 rings (SSSR count). The summed E-state index contributed by atoms with van der Waals surface area (Å²) in [6.45, 7) is 7.40. The molecule has 2 aromatic rings. The van der Waals surface area contributed by atoms with Crippen LogP contribution in [0.4, 0.5) is 0 Å². The molecule has 8 heteroatoms. The van der Waals surface area contributed by atoms with Gasteiger partial charge in [0.05, 0.1) is 25.5 Å². The monoisotopic (exact) mass is 433 g/mol. The van der Waals surface area contributed by atoms with Crippen molar-refractivity contribution in [3.05, 3.63) is 29.3 Å². The average Bonchev–Trinajstić information content (AvgIpc) is 3.05. The molecule has 1 aromatic carbocycles. The maximum absolute atomic E-state index is 6.24. The van der Waals surface area contributed by atoms with Gasteiger partial charge in [-0.05, 0) is 24.0 Å². The van der Waals surface area contributed by atoms with E-state index in [2.05, 4.69) is 24.1 Å². The SMILES string of the molecule is COc1ccc(-c2nc(CN3CCC(N)C(C)(C)C3)cs2)c(OC)c1.Cl.Cl. The number of ether oxygens (including phenoxy) is 2. The largest absolute Gasteiger partial charge is 0.497 e. The van der Waals surface area contributed by atoms with Crippen molar-refractivity contribution in [2.24, 2.45) is 11.1 Å². The molecule has 0 saturated carbocycles. The molecule has 1 unspecified atom stereocenters. The molecule has 0 radical (unpaired) electrons. The van der Waals surface area contributed by atoms with Crippen molar-refractivity contribution in [1.82, 2.24) is 9.88 Å². The molecule has 1 aliphatic rings. The Morgan fingerprint density at radius 3 is 2.63 bits per heavy atom. The molecule has 5 nitrogen and oxygen atoms in total. The number of rotatable bonds is 5. The van der Waals surface area contributed by atoms with E-state index >= 15 is 0 Å². The van der Waals surface area contributed by atoms with E-state index in [1.807, 2.05) is 18.2 Å². The van der Waals surface area contributed by atoms with Crippen molar-refractivity contribution in [3.8, 4) is 22.1 Å². The number of thiazole rings is 1. The van der Waals surface area contributed by atoms with Crippen LogP contribution in [0.3, 0.4) is 0 Å². The van der Waals surface area contributed by atoms with Gasteiger partial charge in [-0.15, -0.1) is 36.2 Å². The Kier molecular flexibility index (Phi) is 8.83. The number of likely N-dealkylation sites (tertiary alicyclic amines) is 1. The second-order valence-corrected chi connectivity index (χ2v) is 8.16. The van der Waals surface area contributed by atoms with Gasteiger partial charge in [-0.25, -0.2) is 4.98 Å². The summed E-state index contributed by atoms with van der Waals surface area (Å²) in [5.41, 5.74) is 8.49. The lowest BCUT2D eigenvalue weighted by atomic mass is 9.80. The van der Waals surface area contributed by atoms with Gasteiger partial charge in [0.15, 0.2) is 0 Å². The van der Waals surface area contributed by atoms with Gasteiger partial charge in [0.1, 0.15) is 16.5 Å². The normalized spacial score (nSPS) is 18.9. The fourth-order valence-electron chi connectivity index (χ4n) is 3.33. The van der Waals surface area contributed by atoms with Gasteiger partial charge in [-0.3, -0.25) is 4.90 Å². The van der Waals surface area contributed by atoms with Crippen LogP contribution >= 0.6 is 36.2 Å². The minimum Gasteiger partial charge on any atom is -0.497 e. The zero-order valence-corrected chi connectivity index (χ0v) is 18.7. The van der Waals surface area contributed by atoms with Crippen LogP contribution in [-0.2, 0) is 6.54 Å². The summed E-state index contributed by atoms with van der Waals surface area (Å²) in [7, 11) is 3.33. The number of nitrogens with zero attached hydrogens (tertiary/aromatic N) is 2. The van der Waals surface area contributed by atoms with E-state index in [1.165, 1.54) is 0 Å². The molecule has 0 spiro atoms. The highest BCUT2D eigenvalue weighted by molar-refractivity contribution is 7.13. The Bertz CT molecular complexity index is 739. The third kappa shape index (κ3) is 5.48. The van der Waals surface area contributed by atoms with Crippen LogP contribution in [0.5, 0.6) is 11.5 Å². The highest BCUT2D eigenvalue weighted by Crippen LogP contribution is 2.35. The Hall–Kier alpha value is -1.05. The van der Waals surface area contributed by atoms with Gasteiger partial charge in [-0.1, -0.05) is 13.8 Å². The third-order valence-corrected chi connectivity index (χ3v) is 5.89. The molecule has 1 saturated heterocycles. The molecule has 2 N–H and O–H groups in total. The first-order valence-electron chi connectivity index (χ1n) is 8.57. The Morgan fingerprint density at radius 1 is 1.26 bits per heavy atom. The van der Waals surface area contributed by atoms with Gasteiger partial charge in [0.2, 0.25) is 0 Å². The lowest BCUT2D eigenvalue weighted by molar-refractivity contribution is 0.0891. The van der Waals surface area contributed by atoms with E-state index in [9.17, 15) is 0 Å². The molecule has 0 aliphatic carbocycles. The van der Waals surface area contributed by atoms with Crippen molar-refractivity contribution in [3.63, 3.8) is 0 Å². The lowest BCUT2D eigenvalue weighted by Gasteiger charge is -2.42. The van der Waals surface area contributed by atoms with E-state index in [1.54, 1.807) is 25.6 Å². The van der Waals surface area contributed by atoms with Crippen LogP contribution in [0.2, 0.25) is 0 Å². The summed E-state index contributed by atoms with van der Waals surface area (Å²) < 4.78 is 10.8. The van der Waals surface area contributed by atoms with Crippen LogP contribution in [-0.4, -0.2) is 43.2 Å². The molecule has 152 valence electrons. The maximum atomic E-state index is 6.24. The standard InChI is InChI=1S/C19H27N3O2S.2ClH/c1-19(2)12-22(8-7-17(19)20)10-13-11-25-18(21-13)15-6-5-14(23-3)9-16(15)24-4;;/h5-6,9,11,17H,7-8,10,12,20H2,1-4H3;2*1H. The first-order chi connectivity index (χ1) is 11.9. The van der Waals surface area contributed by atoms with Crippen molar-refractivity contribution >= 4 is 36.2 Å². The van der Waals surface area contributed by atoms with Crippen LogP contribution in [0.15, 0.2) is 23.6 Å². The fraction of sp³-hybridized carbons (Fsp3) is 0.526. The van der Waals surface area contributed by atoms with Crippen molar-refractivity contribution in [2.45, 2.75) is 32.9 Å². The summed E-state index contributed by atoms with van der Waals surface area (Å²) in [6, 6.07) is 6.11. The zero-order valence-electron chi connectivity index (χ0n) is 16.2. The minimum absolute atomic E-state index is 0. The van der Waals surface area contributed by atoms with E-state index in [-0.39, 0.29) is 36.3 Å². The Morgan fingerprint density at radius 2 is 2.00 bits per heavy atom. The first-order valence-corrected chi connectivity index (χ1v) is 9.45. The molecular formula is C19H29Cl2N3O2S. The van der Waals surface area contributed by atoms with Gasteiger partial charge in [-0.2, -0.15) is 0 Å². The Labute approximate surface area is 178 Å². The van der Waals surface area contributed by atoms with Gasteiger partial charge >= 0.3 is 0 Å². The molecule has 1 aliphatic heterocycles. The number of benzene rings is 1. The van der Waals surface area contributed by atoms with Gasteiger partial charge < -0.3 is 15.2 Å². The maximum Gasteiger partial charge on any atom is 0.132 e. The number of hydrogen-bond acceptors (Lipinski definition) is 6. The quantitative estimate of drug-likeness (QED) is 0.763. The molecular weight excluding hydrogens is 405 g/mol. The molecule has 2 heterocycles. The molecule has 1 fully saturated rings. The molecule has 1 atom stereocenters. The van der Waals surface area contributed by atoms with E-state index in [0.29, 0.717) is 0 Å². The third-order valence-electron chi connectivity index (χ3n) is 4.97. The molecule has 27 heavy (non-hydrogen) atoms. The number of halogens is 2. The number of hydrogen-bond donors (Lipinski definition) is 1. The van der Waals surface area contributed by atoms with Crippen LogP contribution < -0.4 is 15.2 Å². The van der Waals surface area contributed by atoms with E-state index in [0.717, 1.165) is 53.8 Å². The first kappa shape index (κ1) is 24.0. The summed E-state index contributed by atoms with van der Waals surface area (Å²) in [5, 5.41) is 3.11. The number of aromatic nitrogens is 1. The fourth-order valence-corrected chi connectivity index (χ4v) is 4.17. The lowest BCUT2D eigenvalue weighted by Crippen LogP contribution is -2.52. The highest BCUT2D eigenvalue weighted by atomic mass is 35.5. The number of methoxy groups -OCH3 is 2. The van der Waals surface area contributed by atoms with Crippen molar-refractivity contribution in [2.75, 3.05) is 27.3 Å². The topological polar surface area (TPSA) is 60.6 Å². The number of nitrogens with two attached hydrogens (primary N) is 1. The van der Waals surface area contributed by atoms with E-state index in [4.69, 9.17) is 20.2 Å². The predicted octanol–water partition coefficient (Wildman–Crippen LogP) is 4.23. The molecule has 0 amide bonds. The second-order valence-electron chi connectivity index (χ2n) is 7.30. The summed E-state index contributed by atoms with van der Waals surface area (Å²) >= 11 is 1.65. The summed E-state index contributed by atoms with van der Waals surface area (Å²) in [4.78, 5) is 7.28. The highest BCUT2D eigenvalue weighted by Gasteiger charge is 2.33. The Balaban J connectivity index is 0.00000182. The smallest absolute Gasteiger partial charge is 0.132 e. The number of piperidine rings is 1. The van der Waals surface area contributed by atoms with E-state index < -0.39 is 0 Å². The predicted molar refractivity (Wildman–Crippen MR) is 117 cm³/mol. The summed E-state index contributed by atoms with van der Waals surface area (Å²) in [5.74, 6) is 1.56. The van der Waals surface area contributed by atoms with Crippen LogP contribution in [0.1, 0.15) is 26.0 Å². The molecule has 0 bridgehead atoms. The molecule has 1 aromatic heterocycles. The zero-order chi connectivity index (χ0) is 18.0. The van der Waals surface area contributed by atoms with Gasteiger partial charge in [0.25, 0.3) is 0 Å². The van der Waals surface area contributed by atoms with Crippen molar-refractivity contribution < 1.29 is 9.47 Å². The minimum atomic E-state index is 0. The van der Waals surface area contributed by atoms with Crippen molar-refractivity contribution in [1.29, 1.82) is 0 Å². The van der Waals surface area contributed by atoms with Crippen LogP contribution in [0.25, 0.3) is 10.6 Å². The second kappa shape index (κ2) is 9.94. The van der Waals surface area contributed by atoms with Gasteiger partial charge in [0, 0.05) is 37.1 Å². The summed E-state index contributed by atoms with van der Waals surface area (Å²) in [6.07, 6.45) is 1.04.